The largest absolute Gasteiger partial charge is 0.462 e. The number of esters is 1. The van der Waals surface area contributed by atoms with Crippen molar-refractivity contribution in [3.8, 4) is 0 Å². The fourth-order valence-corrected chi connectivity index (χ4v) is 3.75. The fourth-order valence-electron chi connectivity index (χ4n) is 3.75. The SMILES string of the molecule is CCOC(=O)c1ccccc1NC(=O)c1cc2n(n1)[C@H](C(F)(F)F)C[C@H](c1ccccc1)N2. The zero-order chi connectivity index (χ0) is 23.6. The molecule has 172 valence electrons. The van der Waals surface area contributed by atoms with E-state index in [0.29, 0.717) is 5.56 Å². The van der Waals surface area contributed by atoms with Crippen molar-refractivity contribution in [1.29, 1.82) is 0 Å². The Labute approximate surface area is 187 Å². The minimum Gasteiger partial charge on any atom is -0.462 e. The van der Waals surface area contributed by atoms with Crippen LogP contribution in [0.15, 0.2) is 60.7 Å². The lowest BCUT2D eigenvalue weighted by molar-refractivity contribution is -0.173. The molecule has 2 heterocycles. The summed E-state index contributed by atoms with van der Waals surface area (Å²) in [6.07, 6.45) is -4.82. The second kappa shape index (κ2) is 8.97. The number of hydrogen-bond acceptors (Lipinski definition) is 5. The van der Waals surface area contributed by atoms with Gasteiger partial charge in [-0.2, -0.15) is 18.3 Å². The average Bonchev–Trinajstić information content (AvgIpc) is 3.23. The van der Waals surface area contributed by atoms with Crippen LogP contribution in [-0.2, 0) is 4.74 Å². The first-order valence-electron chi connectivity index (χ1n) is 10.3. The number of para-hydroxylation sites is 1. The Morgan fingerprint density at radius 1 is 1.15 bits per heavy atom. The van der Waals surface area contributed by atoms with Crippen LogP contribution in [-0.4, -0.2) is 34.4 Å². The van der Waals surface area contributed by atoms with E-state index in [1.807, 2.05) is 0 Å². The number of benzene rings is 2. The van der Waals surface area contributed by atoms with Gasteiger partial charge in [0.25, 0.3) is 5.91 Å². The summed E-state index contributed by atoms with van der Waals surface area (Å²) in [4.78, 5) is 25.0. The van der Waals surface area contributed by atoms with Crippen molar-refractivity contribution in [3.63, 3.8) is 0 Å². The molecule has 0 saturated carbocycles. The Kier molecular flexibility index (Phi) is 6.08. The highest BCUT2D eigenvalue weighted by molar-refractivity contribution is 6.07. The van der Waals surface area contributed by atoms with Crippen LogP contribution in [0.3, 0.4) is 0 Å². The molecule has 33 heavy (non-hydrogen) atoms. The summed E-state index contributed by atoms with van der Waals surface area (Å²) in [6, 6.07) is 13.8. The third kappa shape index (κ3) is 4.69. The molecule has 1 aromatic heterocycles. The Hall–Kier alpha value is -3.82. The molecule has 0 aliphatic carbocycles. The number of nitrogens with zero attached hydrogens (tertiary/aromatic N) is 2. The van der Waals surface area contributed by atoms with Crippen LogP contribution in [0, 0.1) is 0 Å². The lowest BCUT2D eigenvalue weighted by Crippen LogP contribution is -2.35. The molecule has 1 aliphatic rings. The van der Waals surface area contributed by atoms with Crippen molar-refractivity contribution >= 4 is 23.4 Å². The summed E-state index contributed by atoms with van der Waals surface area (Å²) in [6.45, 7) is 1.81. The number of anilines is 2. The molecule has 10 heteroatoms. The number of carbonyl (C=O) groups excluding carboxylic acids is 2. The molecule has 7 nitrogen and oxygen atoms in total. The predicted octanol–water partition coefficient (Wildman–Crippen LogP) is 4.97. The van der Waals surface area contributed by atoms with Gasteiger partial charge in [0, 0.05) is 12.5 Å². The first-order chi connectivity index (χ1) is 15.8. The highest BCUT2D eigenvalue weighted by atomic mass is 19.4. The smallest absolute Gasteiger partial charge is 0.410 e. The van der Waals surface area contributed by atoms with Gasteiger partial charge in [-0.3, -0.25) is 4.79 Å². The molecular weight excluding hydrogens is 437 g/mol. The van der Waals surface area contributed by atoms with Crippen molar-refractivity contribution in [1.82, 2.24) is 9.78 Å². The van der Waals surface area contributed by atoms with Gasteiger partial charge < -0.3 is 15.4 Å². The third-order valence-electron chi connectivity index (χ3n) is 5.30. The van der Waals surface area contributed by atoms with Gasteiger partial charge in [-0.05, 0) is 24.6 Å². The van der Waals surface area contributed by atoms with Crippen LogP contribution in [0.5, 0.6) is 0 Å². The number of aromatic nitrogens is 2. The van der Waals surface area contributed by atoms with Gasteiger partial charge >= 0.3 is 12.1 Å². The van der Waals surface area contributed by atoms with Crippen LogP contribution in [0.25, 0.3) is 0 Å². The lowest BCUT2D eigenvalue weighted by Gasteiger charge is -2.33. The molecule has 2 N–H and O–H groups in total. The van der Waals surface area contributed by atoms with Gasteiger partial charge in [-0.15, -0.1) is 0 Å². The minimum atomic E-state index is -4.56. The lowest BCUT2D eigenvalue weighted by atomic mass is 9.97. The quantitative estimate of drug-likeness (QED) is 0.527. The van der Waals surface area contributed by atoms with Gasteiger partial charge in [-0.25, -0.2) is 9.48 Å². The Balaban J connectivity index is 1.63. The maximum Gasteiger partial charge on any atom is 0.410 e. The molecule has 1 amide bonds. The number of amides is 1. The normalized spacial score (nSPS) is 17.6. The standard InChI is InChI=1S/C23H21F3N4O3/c1-2-33-22(32)15-10-6-7-11-16(15)28-21(31)18-13-20-27-17(14-8-4-3-5-9-14)12-19(23(24,25)26)30(20)29-18/h3-11,13,17,19,27H,2,12H2,1H3,(H,28,31)/t17-,19+/m1/s1. The Morgan fingerprint density at radius 3 is 2.55 bits per heavy atom. The number of halogens is 3. The number of hydrogen-bond donors (Lipinski definition) is 2. The van der Waals surface area contributed by atoms with Crippen molar-refractivity contribution in [2.24, 2.45) is 0 Å². The monoisotopic (exact) mass is 458 g/mol. The summed E-state index contributed by atoms with van der Waals surface area (Å²) in [5, 5.41) is 9.53. The van der Waals surface area contributed by atoms with E-state index in [4.69, 9.17) is 4.74 Å². The van der Waals surface area contributed by atoms with Crippen molar-refractivity contribution in [3.05, 3.63) is 77.5 Å². The first kappa shape index (κ1) is 22.4. The molecule has 1 aliphatic heterocycles. The zero-order valence-electron chi connectivity index (χ0n) is 17.6. The van der Waals surface area contributed by atoms with E-state index in [1.54, 1.807) is 49.4 Å². The number of ether oxygens (including phenoxy) is 1. The molecule has 0 bridgehead atoms. The van der Waals surface area contributed by atoms with Crippen molar-refractivity contribution in [2.75, 3.05) is 17.2 Å². The van der Waals surface area contributed by atoms with Crippen LogP contribution >= 0.6 is 0 Å². The van der Waals surface area contributed by atoms with Crippen molar-refractivity contribution in [2.45, 2.75) is 31.6 Å². The van der Waals surface area contributed by atoms with Gasteiger partial charge in [0.2, 0.25) is 0 Å². The van der Waals surface area contributed by atoms with E-state index in [-0.39, 0.29) is 35.8 Å². The second-order valence-corrected chi connectivity index (χ2v) is 7.48. The molecule has 0 unspecified atom stereocenters. The van der Waals surface area contributed by atoms with Crippen LogP contribution in [0.2, 0.25) is 0 Å². The molecule has 0 spiro atoms. The molecular formula is C23H21F3N4O3. The molecule has 0 saturated heterocycles. The highest BCUT2D eigenvalue weighted by Crippen LogP contribution is 2.43. The van der Waals surface area contributed by atoms with E-state index < -0.39 is 30.1 Å². The van der Waals surface area contributed by atoms with E-state index in [0.717, 1.165) is 4.68 Å². The third-order valence-corrected chi connectivity index (χ3v) is 5.30. The number of rotatable bonds is 5. The Bertz CT molecular complexity index is 1160. The molecule has 0 fully saturated rings. The number of fused-ring (bicyclic) bond motifs is 1. The molecule has 2 aromatic carbocycles. The van der Waals surface area contributed by atoms with Gasteiger partial charge in [0.15, 0.2) is 11.7 Å². The van der Waals surface area contributed by atoms with Crippen LogP contribution < -0.4 is 10.6 Å². The van der Waals surface area contributed by atoms with E-state index >= 15 is 0 Å². The summed E-state index contributed by atoms with van der Waals surface area (Å²) >= 11 is 0. The van der Waals surface area contributed by atoms with Crippen LogP contribution in [0.1, 0.15) is 51.8 Å². The van der Waals surface area contributed by atoms with Gasteiger partial charge in [-0.1, -0.05) is 42.5 Å². The average molecular weight is 458 g/mol. The van der Waals surface area contributed by atoms with E-state index in [2.05, 4.69) is 15.7 Å². The maximum absolute atomic E-state index is 13.8. The number of nitrogens with one attached hydrogen (secondary N) is 2. The molecule has 3 aromatic rings. The Morgan fingerprint density at radius 2 is 1.85 bits per heavy atom. The highest BCUT2D eigenvalue weighted by Gasteiger charge is 2.46. The molecule has 0 radical (unpaired) electrons. The summed E-state index contributed by atoms with van der Waals surface area (Å²) in [7, 11) is 0. The predicted molar refractivity (Wildman–Crippen MR) is 115 cm³/mol. The topological polar surface area (TPSA) is 85.2 Å². The zero-order valence-corrected chi connectivity index (χ0v) is 17.6. The van der Waals surface area contributed by atoms with Gasteiger partial charge in [0.1, 0.15) is 5.82 Å². The van der Waals surface area contributed by atoms with Crippen molar-refractivity contribution < 1.29 is 27.5 Å². The molecule has 4 rings (SSSR count). The van der Waals surface area contributed by atoms with Crippen LogP contribution in [0.4, 0.5) is 24.7 Å². The number of alkyl halides is 3. The minimum absolute atomic E-state index is 0.0845. The summed E-state index contributed by atoms with van der Waals surface area (Å²) < 4.78 is 47.3. The molecule has 2 atom stereocenters. The first-order valence-corrected chi connectivity index (χ1v) is 10.3. The van der Waals surface area contributed by atoms with E-state index in [1.165, 1.54) is 18.2 Å². The number of carbonyl (C=O) groups is 2. The maximum atomic E-state index is 13.8. The van der Waals surface area contributed by atoms with Gasteiger partial charge in [0.05, 0.1) is 23.9 Å². The summed E-state index contributed by atoms with van der Waals surface area (Å²) in [5.41, 5.74) is 0.800. The second-order valence-electron chi connectivity index (χ2n) is 7.48. The fraction of sp³-hybridized carbons (Fsp3) is 0.261. The summed E-state index contributed by atoms with van der Waals surface area (Å²) in [5.74, 6) is -1.28. The van der Waals surface area contributed by atoms with E-state index in [9.17, 15) is 22.8 Å².